The molecule has 1 amide bonds. The third-order valence-corrected chi connectivity index (χ3v) is 4.76. The van der Waals surface area contributed by atoms with Gasteiger partial charge in [-0.2, -0.15) is 0 Å². The van der Waals surface area contributed by atoms with Crippen LogP contribution in [0.25, 0.3) is 0 Å². The number of carbonyl (C=O) groups excluding carboxylic acids is 1. The van der Waals surface area contributed by atoms with Gasteiger partial charge in [-0.05, 0) is 49.2 Å². The number of rotatable bonds is 6. The molecule has 0 unspecified atom stereocenters. The second-order valence-electron chi connectivity index (χ2n) is 5.35. The Morgan fingerprint density at radius 3 is 2.58 bits per heavy atom. The van der Waals surface area contributed by atoms with E-state index in [-0.39, 0.29) is 16.5 Å². The summed E-state index contributed by atoms with van der Waals surface area (Å²) in [7, 11) is -3.92. The molecule has 7 heteroatoms. The third-order valence-electron chi connectivity index (χ3n) is 3.38. The highest BCUT2D eigenvalue weighted by Gasteiger charge is 2.18. The van der Waals surface area contributed by atoms with Crippen LogP contribution in [0.1, 0.15) is 29.3 Å². The van der Waals surface area contributed by atoms with Gasteiger partial charge in [0.25, 0.3) is 15.9 Å². The van der Waals surface area contributed by atoms with Crippen molar-refractivity contribution in [2.45, 2.75) is 25.2 Å². The summed E-state index contributed by atoms with van der Waals surface area (Å²) in [5, 5.41) is 2.72. The number of anilines is 1. The molecular formula is C17H19FN2O3S. The predicted octanol–water partition coefficient (Wildman–Crippen LogP) is 3.07. The van der Waals surface area contributed by atoms with Gasteiger partial charge in [-0.3, -0.25) is 9.52 Å². The molecule has 2 N–H and O–H groups in total. The Morgan fingerprint density at radius 1 is 1.17 bits per heavy atom. The van der Waals surface area contributed by atoms with Crippen LogP contribution in [0.4, 0.5) is 10.1 Å². The minimum atomic E-state index is -3.92. The maximum Gasteiger partial charge on any atom is 0.261 e. The topological polar surface area (TPSA) is 75.3 Å². The van der Waals surface area contributed by atoms with Gasteiger partial charge < -0.3 is 5.32 Å². The maximum atomic E-state index is 13.2. The SMILES string of the molecule is CCCNC(=O)c1cc(S(=O)(=O)Nc2cccc(F)c2)ccc1C. The van der Waals surface area contributed by atoms with Crippen molar-refractivity contribution in [2.75, 3.05) is 11.3 Å². The van der Waals surface area contributed by atoms with Crippen LogP contribution in [0.5, 0.6) is 0 Å². The number of amides is 1. The van der Waals surface area contributed by atoms with Gasteiger partial charge in [-0.25, -0.2) is 12.8 Å². The molecule has 5 nitrogen and oxygen atoms in total. The molecule has 0 saturated carbocycles. The number of aryl methyl sites for hydroxylation is 1. The lowest BCUT2D eigenvalue weighted by atomic mass is 10.1. The Hall–Kier alpha value is -2.41. The Bertz CT molecular complexity index is 851. The van der Waals surface area contributed by atoms with Gasteiger partial charge in [0, 0.05) is 12.1 Å². The molecule has 0 heterocycles. The van der Waals surface area contributed by atoms with Crippen LogP contribution < -0.4 is 10.0 Å². The Balaban J connectivity index is 2.32. The number of nitrogens with one attached hydrogen (secondary N) is 2. The van der Waals surface area contributed by atoms with Crippen molar-refractivity contribution < 1.29 is 17.6 Å². The van der Waals surface area contributed by atoms with Crippen molar-refractivity contribution in [1.29, 1.82) is 0 Å². The summed E-state index contributed by atoms with van der Waals surface area (Å²) in [5.74, 6) is -0.865. The van der Waals surface area contributed by atoms with Crippen LogP contribution in [0.2, 0.25) is 0 Å². The van der Waals surface area contributed by atoms with E-state index in [4.69, 9.17) is 0 Å². The molecule has 0 aliphatic rings. The number of hydrogen-bond acceptors (Lipinski definition) is 3. The smallest absolute Gasteiger partial charge is 0.261 e. The summed E-state index contributed by atoms with van der Waals surface area (Å²) >= 11 is 0. The Morgan fingerprint density at radius 2 is 1.92 bits per heavy atom. The van der Waals surface area contributed by atoms with E-state index < -0.39 is 15.8 Å². The number of halogens is 1. The second kappa shape index (κ2) is 7.44. The molecule has 0 fully saturated rings. The lowest BCUT2D eigenvalue weighted by Gasteiger charge is -2.11. The molecule has 2 rings (SSSR count). The first-order chi connectivity index (χ1) is 11.3. The fourth-order valence-corrected chi connectivity index (χ4v) is 3.19. The Labute approximate surface area is 141 Å². The van der Waals surface area contributed by atoms with Crippen molar-refractivity contribution in [3.63, 3.8) is 0 Å². The fourth-order valence-electron chi connectivity index (χ4n) is 2.11. The van der Waals surface area contributed by atoms with E-state index in [0.717, 1.165) is 12.5 Å². The molecule has 0 saturated heterocycles. The van der Waals surface area contributed by atoms with E-state index in [1.165, 1.54) is 30.3 Å². The minimum absolute atomic E-state index is 0.0565. The molecule has 0 radical (unpaired) electrons. The quantitative estimate of drug-likeness (QED) is 0.841. The van der Waals surface area contributed by atoms with Gasteiger partial charge in [-0.15, -0.1) is 0 Å². The normalized spacial score (nSPS) is 11.1. The molecule has 0 aromatic heterocycles. The molecule has 2 aromatic rings. The third kappa shape index (κ3) is 4.32. The number of sulfonamides is 1. The Kier molecular flexibility index (Phi) is 5.56. The van der Waals surface area contributed by atoms with Crippen LogP contribution in [-0.2, 0) is 10.0 Å². The molecule has 128 valence electrons. The summed E-state index contributed by atoms with van der Waals surface area (Å²) in [6, 6.07) is 9.46. The molecule has 0 bridgehead atoms. The summed E-state index contributed by atoms with van der Waals surface area (Å²) in [4.78, 5) is 12.1. The summed E-state index contributed by atoms with van der Waals surface area (Å²) < 4.78 is 40.4. The van der Waals surface area contributed by atoms with E-state index in [2.05, 4.69) is 10.0 Å². The minimum Gasteiger partial charge on any atom is -0.352 e. The number of carbonyl (C=O) groups is 1. The van der Waals surface area contributed by atoms with Gasteiger partial charge in [-0.1, -0.05) is 19.1 Å². The van der Waals surface area contributed by atoms with E-state index in [0.29, 0.717) is 17.7 Å². The van der Waals surface area contributed by atoms with E-state index in [1.54, 1.807) is 13.0 Å². The molecule has 2 aromatic carbocycles. The summed E-state index contributed by atoms with van der Waals surface area (Å²) in [5.41, 5.74) is 1.09. The lowest BCUT2D eigenvalue weighted by Crippen LogP contribution is -2.25. The molecular weight excluding hydrogens is 331 g/mol. The van der Waals surface area contributed by atoms with Crippen molar-refractivity contribution in [3.8, 4) is 0 Å². The average Bonchev–Trinajstić information content (AvgIpc) is 2.52. The summed E-state index contributed by atoms with van der Waals surface area (Å²) in [6.45, 7) is 4.17. The van der Waals surface area contributed by atoms with Gasteiger partial charge >= 0.3 is 0 Å². The van der Waals surface area contributed by atoms with E-state index in [9.17, 15) is 17.6 Å². The molecule has 0 atom stereocenters. The van der Waals surface area contributed by atoms with Gasteiger partial charge in [0.1, 0.15) is 5.82 Å². The highest BCUT2D eigenvalue weighted by Crippen LogP contribution is 2.20. The van der Waals surface area contributed by atoms with Crippen molar-refractivity contribution in [3.05, 3.63) is 59.4 Å². The summed E-state index contributed by atoms with van der Waals surface area (Å²) in [6.07, 6.45) is 0.782. The van der Waals surface area contributed by atoms with Crippen LogP contribution in [-0.4, -0.2) is 20.9 Å². The largest absolute Gasteiger partial charge is 0.352 e. The van der Waals surface area contributed by atoms with Crippen molar-refractivity contribution >= 4 is 21.6 Å². The first-order valence-corrected chi connectivity index (χ1v) is 8.99. The van der Waals surface area contributed by atoms with Crippen molar-refractivity contribution in [1.82, 2.24) is 5.32 Å². The first kappa shape index (κ1) is 17.9. The van der Waals surface area contributed by atoms with Gasteiger partial charge in [0.05, 0.1) is 10.6 Å². The maximum absolute atomic E-state index is 13.2. The fraction of sp³-hybridized carbons (Fsp3) is 0.235. The second-order valence-corrected chi connectivity index (χ2v) is 7.03. The van der Waals surface area contributed by atoms with Crippen LogP contribution in [0, 0.1) is 12.7 Å². The van der Waals surface area contributed by atoms with Crippen LogP contribution in [0.15, 0.2) is 47.4 Å². The average molecular weight is 350 g/mol. The van der Waals surface area contributed by atoms with E-state index >= 15 is 0 Å². The monoisotopic (exact) mass is 350 g/mol. The number of hydrogen-bond donors (Lipinski definition) is 2. The molecule has 0 spiro atoms. The van der Waals surface area contributed by atoms with E-state index in [1.807, 2.05) is 6.92 Å². The van der Waals surface area contributed by atoms with Crippen LogP contribution in [0.3, 0.4) is 0 Å². The first-order valence-electron chi connectivity index (χ1n) is 7.50. The standard InChI is InChI=1S/C17H19FN2O3S/c1-3-9-19-17(21)16-11-15(8-7-12(16)2)24(22,23)20-14-6-4-5-13(18)10-14/h4-8,10-11,20H,3,9H2,1-2H3,(H,19,21). The highest BCUT2D eigenvalue weighted by atomic mass is 32.2. The zero-order valence-electron chi connectivity index (χ0n) is 13.5. The number of benzene rings is 2. The van der Waals surface area contributed by atoms with Gasteiger partial charge in [0.2, 0.25) is 0 Å². The van der Waals surface area contributed by atoms with Crippen LogP contribution >= 0.6 is 0 Å². The predicted molar refractivity (Wildman–Crippen MR) is 91.0 cm³/mol. The molecule has 0 aliphatic carbocycles. The lowest BCUT2D eigenvalue weighted by molar-refractivity contribution is 0.0953. The zero-order chi connectivity index (χ0) is 17.7. The van der Waals surface area contributed by atoms with Crippen molar-refractivity contribution in [2.24, 2.45) is 0 Å². The van der Waals surface area contributed by atoms with Gasteiger partial charge in [0.15, 0.2) is 0 Å². The zero-order valence-corrected chi connectivity index (χ0v) is 14.3. The highest BCUT2D eigenvalue weighted by molar-refractivity contribution is 7.92. The molecule has 0 aliphatic heterocycles. The molecule has 24 heavy (non-hydrogen) atoms.